The predicted octanol–water partition coefficient (Wildman–Crippen LogP) is 0.114. The molecule has 0 fully saturated rings. The molecule has 0 aromatic carbocycles. The highest BCUT2D eigenvalue weighted by Gasteiger charge is 2.15. The molecule has 20 heavy (non-hydrogen) atoms. The van der Waals surface area contributed by atoms with Crippen LogP contribution in [0.1, 0.15) is 17.0 Å². The van der Waals surface area contributed by atoms with E-state index in [0.29, 0.717) is 10.9 Å². The highest BCUT2D eigenvalue weighted by atomic mass is 32.2. The highest BCUT2D eigenvalue weighted by Crippen LogP contribution is 2.17. The largest absolute Gasteiger partial charge is 0.395 e. The van der Waals surface area contributed by atoms with Crippen LogP contribution < -0.4 is 5.32 Å². The van der Waals surface area contributed by atoms with Crippen LogP contribution in [0.3, 0.4) is 0 Å². The molecule has 2 heterocycles. The maximum Gasteiger partial charge on any atom is 0.253 e. The van der Waals surface area contributed by atoms with Crippen LogP contribution in [0.15, 0.2) is 5.16 Å². The van der Waals surface area contributed by atoms with Crippen molar-refractivity contribution in [3.05, 3.63) is 17.0 Å². The summed E-state index contributed by atoms with van der Waals surface area (Å²) in [5, 5.41) is 16.3. The maximum absolute atomic E-state index is 11.8. The second-order valence-corrected chi connectivity index (χ2v) is 5.10. The van der Waals surface area contributed by atoms with Gasteiger partial charge in [0.2, 0.25) is 11.1 Å². The van der Waals surface area contributed by atoms with Crippen LogP contribution in [0, 0.1) is 13.8 Å². The molecule has 2 rings (SSSR count). The molecule has 0 aliphatic rings. The van der Waals surface area contributed by atoms with E-state index >= 15 is 0 Å². The van der Waals surface area contributed by atoms with Crippen LogP contribution in [0.5, 0.6) is 0 Å². The van der Waals surface area contributed by atoms with Crippen molar-refractivity contribution >= 4 is 23.4 Å². The van der Waals surface area contributed by atoms with Crippen LogP contribution in [0.4, 0.5) is 0 Å². The molecule has 0 saturated heterocycles. The maximum atomic E-state index is 11.8. The minimum atomic E-state index is -0.142. The Labute approximate surface area is 120 Å². The number of nitrogens with zero attached hydrogens (tertiary/aromatic N) is 4. The second-order valence-electron chi connectivity index (χ2n) is 4.32. The van der Waals surface area contributed by atoms with Crippen molar-refractivity contribution in [3.8, 4) is 0 Å². The third-order valence-electron chi connectivity index (χ3n) is 2.98. The van der Waals surface area contributed by atoms with Crippen molar-refractivity contribution in [2.75, 3.05) is 19.4 Å². The Morgan fingerprint density at radius 3 is 2.80 bits per heavy atom. The lowest BCUT2D eigenvalue weighted by Crippen LogP contribution is -2.28. The van der Waals surface area contributed by atoms with E-state index < -0.39 is 0 Å². The van der Waals surface area contributed by atoms with Crippen LogP contribution in [0.25, 0.3) is 5.78 Å². The first-order chi connectivity index (χ1) is 9.56. The lowest BCUT2D eigenvalue weighted by atomic mass is 10.1. The Kier molecular flexibility index (Phi) is 4.56. The van der Waals surface area contributed by atoms with Gasteiger partial charge >= 0.3 is 0 Å². The fourth-order valence-electron chi connectivity index (χ4n) is 1.95. The van der Waals surface area contributed by atoms with E-state index in [1.807, 2.05) is 20.1 Å². The quantitative estimate of drug-likeness (QED) is 0.761. The number of fused-ring (bicyclic) bond motifs is 1. The number of hydrogen-bond acceptors (Lipinski definition) is 6. The van der Waals surface area contributed by atoms with E-state index in [2.05, 4.69) is 20.4 Å². The molecule has 0 radical (unpaired) electrons. The van der Waals surface area contributed by atoms with Crippen molar-refractivity contribution in [2.45, 2.75) is 25.4 Å². The summed E-state index contributed by atoms with van der Waals surface area (Å²) in [5.74, 6) is 0.403. The summed E-state index contributed by atoms with van der Waals surface area (Å²) in [6, 6.07) is 0. The number of thioether (sulfide) groups is 1. The fourth-order valence-corrected chi connectivity index (χ4v) is 2.29. The first-order valence-corrected chi connectivity index (χ1v) is 7.43. The molecule has 0 atom stereocenters. The number of hydrogen-bond donors (Lipinski definition) is 2. The first kappa shape index (κ1) is 14.7. The number of carbonyl (C=O) groups excluding carboxylic acids is 1. The van der Waals surface area contributed by atoms with Gasteiger partial charge in [-0.2, -0.15) is 4.98 Å². The van der Waals surface area contributed by atoms with Gasteiger partial charge in [-0.05, 0) is 20.1 Å². The molecule has 108 valence electrons. The van der Waals surface area contributed by atoms with Crippen molar-refractivity contribution < 1.29 is 9.90 Å². The van der Waals surface area contributed by atoms with Gasteiger partial charge in [-0.1, -0.05) is 11.8 Å². The van der Waals surface area contributed by atoms with Crippen LogP contribution in [-0.4, -0.2) is 50.0 Å². The number of aromatic nitrogens is 4. The van der Waals surface area contributed by atoms with E-state index in [0.717, 1.165) is 17.0 Å². The Balaban J connectivity index is 2.35. The van der Waals surface area contributed by atoms with Gasteiger partial charge in [0.15, 0.2) is 0 Å². The van der Waals surface area contributed by atoms with Crippen LogP contribution >= 0.6 is 11.8 Å². The number of aryl methyl sites for hydroxylation is 2. The minimum absolute atomic E-state index is 0.0683. The van der Waals surface area contributed by atoms with Gasteiger partial charge in [-0.3, -0.25) is 4.79 Å². The normalized spacial score (nSPS) is 11.0. The van der Waals surface area contributed by atoms with E-state index in [4.69, 9.17) is 5.11 Å². The molecule has 2 aromatic rings. The van der Waals surface area contributed by atoms with E-state index in [-0.39, 0.29) is 25.5 Å². The molecule has 0 aliphatic carbocycles. The molecule has 0 unspecified atom stereocenters. The molecule has 7 nitrogen and oxygen atoms in total. The summed E-state index contributed by atoms with van der Waals surface area (Å²) in [5.41, 5.74) is 2.47. The Morgan fingerprint density at radius 1 is 1.40 bits per heavy atom. The predicted molar refractivity (Wildman–Crippen MR) is 75.8 cm³/mol. The standard InChI is InChI=1S/C12H17N5O2S/c1-7-9(6-10(19)13-4-5-18)8(2)17-11(14-7)15-12(16-17)20-3/h18H,4-6H2,1-3H3,(H,13,19). The molecule has 0 bridgehead atoms. The molecule has 0 spiro atoms. The van der Waals surface area contributed by atoms with Crippen molar-refractivity contribution in [1.82, 2.24) is 24.9 Å². The summed E-state index contributed by atoms with van der Waals surface area (Å²) in [7, 11) is 0. The lowest BCUT2D eigenvalue weighted by Gasteiger charge is -2.10. The zero-order valence-electron chi connectivity index (χ0n) is 11.7. The zero-order valence-corrected chi connectivity index (χ0v) is 12.5. The molecule has 2 N–H and O–H groups in total. The average molecular weight is 295 g/mol. The Hall–Kier alpha value is -1.67. The smallest absolute Gasteiger partial charge is 0.253 e. The molecular formula is C12H17N5O2S. The molecule has 1 amide bonds. The Morgan fingerprint density at radius 2 is 2.15 bits per heavy atom. The van der Waals surface area contributed by atoms with Crippen molar-refractivity contribution in [1.29, 1.82) is 0 Å². The average Bonchev–Trinajstić information content (AvgIpc) is 2.84. The molecule has 8 heteroatoms. The molecule has 2 aromatic heterocycles. The summed E-state index contributed by atoms with van der Waals surface area (Å²) in [6.07, 6.45) is 2.12. The zero-order chi connectivity index (χ0) is 14.7. The number of aliphatic hydroxyl groups is 1. The topological polar surface area (TPSA) is 92.4 Å². The monoisotopic (exact) mass is 295 g/mol. The first-order valence-electron chi connectivity index (χ1n) is 6.21. The summed E-state index contributed by atoms with van der Waals surface area (Å²) in [6.45, 7) is 3.94. The molecule has 0 aliphatic heterocycles. The fraction of sp³-hybridized carbons (Fsp3) is 0.500. The number of amides is 1. The van der Waals surface area contributed by atoms with Gasteiger partial charge in [0, 0.05) is 23.5 Å². The summed E-state index contributed by atoms with van der Waals surface area (Å²) < 4.78 is 1.66. The minimum Gasteiger partial charge on any atom is -0.395 e. The third kappa shape index (κ3) is 2.91. The van der Waals surface area contributed by atoms with Crippen LogP contribution in [0.2, 0.25) is 0 Å². The van der Waals surface area contributed by atoms with Gasteiger partial charge in [0.1, 0.15) is 0 Å². The van der Waals surface area contributed by atoms with E-state index in [1.165, 1.54) is 11.8 Å². The number of nitrogens with one attached hydrogen (secondary N) is 1. The lowest BCUT2D eigenvalue weighted by molar-refractivity contribution is -0.120. The molecule has 0 saturated carbocycles. The van der Waals surface area contributed by atoms with Crippen molar-refractivity contribution in [3.63, 3.8) is 0 Å². The van der Waals surface area contributed by atoms with Crippen LogP contribution in [-0.2, 0) is 11.2 Å². The van der Waals surface area contributed by atoms with Gasteiger partial charge in [0.05, 0.1) is 13.0 Å². The highest BCUT2D eigenvalue weighted by molar-refractivity contribution is 7.98. The van der Waals surface area contributed by atoms with E-state index in [9.17, 15) is 4.79 Å². The van der Waals surface area contributed by atoms with E-state index in [1.54, 1.807) is 4.52 Å². The van der Waals surface area contributed by atoms with Gasteiger partial charge in [0.25, 0.3) is 5.78 Å². The third-order valence-corrected chi connectivity index (χ3v) is 3.52. The number of aliphatic hydroxyl groups excluding tert-OH is 1. The number of carbonyl (C=O) groups is 1. The summed E-state index contributed by atoms with van der Waals surface area (Å²) >= 11 is 1.45. The second kappa shape index (κ2) is 6.19. The van der Waals surface area contributed by atoms with Gasteiger partial charge in [-0.25, -0.2) is 9.50 Å². The Bertz CT molecular complexity index is 640. The van der Waals surface area contributed by atoms with Crippen molar-refractivity contribution in [2.24, 2.45) is 0 Å². The van der Waals surface area contributed by atoms with Gasteiger partial charge < -0.3 is 10.4 Å². The molecular weight excluding hydrogens is 278 g/mol. The SMILES string of the molecule is CSc1nc2nc(C)c(CC(=O)NCCO)c(C)n2n1. The van der Waals surface area contributed by atoms with Gasteiger partial charge in [-0.15, -0.1) is 5.10 Å². The summed E-state index contributed by atoms with van der Waals surface area (Å²) in [4.78, 5) is 20.5. The number of rotatable bonds is 5.